The number of carbonyl (C=O) groups is 2. The van der Waals surface area contributed by atoms with Crippen molar-refractivity contribution in [3.05, 3.63) is 0 Å². The number of carbonyl (C=O) groups excluding carboxylic acids is 2. The number of rotatable bonds is 4. The Balaban J connectivity index is 2.71. The Hall–Kier alpha value is -1.10. The van der Waals surface area contributed by atoms with Crippen molar-refractivity contribution in [2.24, 2.45) is 28.7 Å². The zero-order valence-corrected chi connectivity index (χ0v) is 10.9. The highest BCUT2D eigenvalue weighted by Crippen LogP contribution is 2.30. The summed E-state index contributed by atoms with van der Waals surface area (Å²) in [6, 6.07) is 0. The smallest absolute Gasteiger partial charge is 0.227 e. The predicted octanol–water partition coefficient (Wildman–Crippen LogP) is -0.0588. The Morgan fingerprint density at radius 2 is 2.00 bits per heavy atom. The van der Waals surface area contributed by atoms with E-state index in [-0.39, 0.29) is 23.7 Å². The highest BCUT2D eigenvalue weighted by molar-refractivity contribution is 5.84. The SMILES string of the molecule is CC(C)C(CN)C(=O)N1CCC(C)(C(N)=O)C1. The summed E-state index contributed by atoms with van der Waals surface area (Å²) in [5.74, 6) is -0.229. The monoisotopic (exact) mass is 241 g/mol. The summed E-state index contributed by atoms with van der Waals surface area (Å²) >= 11 is 0. The number of nitrogens with zero attached hydrogens (tertiary/aromatic N) is 1. The Labute approximate surface area is 103 Å². The maximum Gasteiger partial charge on any atom is 0.227 e. The first-order chi connectivity index (χ1) is 7.81. The van der Waals surface area contributed by atoms with Gasteiger partial charge in [0.25, 0.3) is 0 Å². The van der Waals surface area contributed by atoms with Crippen LogP contribution in [0.25, 0.3) is 0 Å². The maximum atomic E-state index is 12.2. The average Bonchev–Trinajstić information content (AvgIpc) is 2.62. The molecule has 2 unspecified atom stereocenters. The first-order valence-electron chi connectivity index (χ1n) is 6.10. The fraction of sp³-hybridized carbons (Fsp3) is 0.833. The van der Waals surface area contributed by atoms with Crippen LogP contribution in [0.1, 0.15) is 27.2 Å². The van der Waals surface area contributed by atoms with Crippen LogP contribution >= 0.6 is 0 Å². The summed E-state index contributed by atoms with van der Waals surface area (Å²) < 4.78 is 0. The predicted molar refractivity (Wildman–Crippen MR) is 65.9 cm³/mol. The molecule has 2 amide bonds. The molecule has 0 aromatic heterocycles. The third-order valence-corrected chi connectivity index (χ3v) is 3.76. The summed E-state index contributed by atoms with van der Waals surface area (Å²) in [7, 11) is 0. The summed E-state index contributed by atoms with van der Waals surface area (Å²) in [4.78, 5) is 25.3. The average molecular weight is 241 g/mol. The van der Waals surface area contributed by atoms with Gasteiger partial charge in [-0.25, -0.2) is 0 Å². The normalized spacial score (nSPS) is 26.3. The van der Waals surface area contributed by atoms with E-state index in [1.807, 2.05) is 20.8 Å². The van der Waals surface area contributed by atoms with E-state index < -0.39 is 5.41 Å². The number of likely N-dealkylation sites (tertiary alicyclic amines) is 1. The Kier molecular flexibility index (Phi) is 4.14. The Morgan fingerprint density at radius 3 is 2.35 bits per heavy atom. The standard InChI is InChI=1S/C12H23N3O2/c1-8(2)9(6-13)10(16)15-5-4-12(3,7-15)11(14)17/h8-9H,4-7,13H2,1-3H3,(H2,14,17). The number of primary amides is 1. The van der Waals surface area contributed by atoms with Crippen LogP contribution in [0.3, 0.4) is 0 Å². The lowest BCUT2D eigenvalue weighted by molar-refractivity contribution is -0.136. The summed E-state index contributed by atoms with van der Waals surface area (Å²) in [6.07, 6.45) is 0.642. The fourth-order valence-corrected chi connectivity index (χ4v) is 2.24. The van der Waals surface area contributed by atoms with Gasteiger partial charge < -0.3 is 16.4 Å². The van der Waals surface area contributed by atoms with Gasteiger partial charge in [-0.05, 0) is 19.3 Å². The lowest BCUT2D eigenvalue weighted by Crippen LogP contribution is -2.43. The van der Waals surface area contributed by atoms with Gasteiger partial charge in [0.2, 0.25) is 11.8 Å². The molecule has 0 saturated carbocycles. The van der Waals surface area contributed by atoms with Crippen molar-refractivity contribution in [3.63, 3.8) is 0 Å². The number of nitrogens with two attached hydrogens (primary N) is 2. The molecule has 0 spiro atoms. The van der Waals surface area contributed by atoms with Crippen molar-refractivity contribution in [3.8, 4) is 0 Å². The molecule has 0 aliphatic carbocycles. The van der Waals surface area contributed by atoms with Crippen LogP contribution < -0.4 is 11.5 Å². The lowest BCUT2D eigenvalue weighted by Gasteiger charge is -2.26. The largest absolute Gasteiger partial charge is 0.369 e. The minimum Gasteiger partial charge on any atom is -0.369 e. The third-order valence-electron chi connectivity index (χ3n) is 3.76. The van der Waals surface area contributed by atoms with Gasteiger partial charge in [0.1, 0.15) is 0 Å². The zero-order chi connectivity index (χ0) is 13.2. The summed E-state index contributed by atoms with van der Waals surface area (Å²) in [5.41, 5.74) is 10.4. The van der Waals surface area contributed by atoms with Gasteiger partial charge in [0.05, 0.1) is 11.3 Å². The number of hydrogen-bond acceptors (Lipinski definition) is 3. The van der Waals surface area contributed by atoms with Crippen molar-refractivity contribution in [2.45, 2.75) is 27.2 Å². The third kappa shape index (κ3) is 2.77. The first kappa shape index (κ1) is 14.0. The maximum absolute atomic E-state index is 12.2. The molecular weight excluding hydrogens is 218 g/mol. The van der Waals surface area contributed by atoms with Crippen LogP contribution in [-0.4, -0.2) is 36.3 Å². The first-order valence-corrected chi connectivity index (χ1v) is 6.10. The number of amides is 2. The molecule has 1 aliphatic rings. The second-order valence-electron chi connectivity index (χ2n) is 5.52. The fourth-order valence-electron chi connectivity index (χ4n) is 2.24. The van der Waals surface area contributed by atoms with Gasteiger partial charge in [0, 0.05) is 19.6 Å². The highest BCUT2D eigenvalue weighted by Gasteiger charge is 2.42. The molecule has 1 heterocycles. The molecule has 0 aromatic rings. The summed E-state index contributed by atoms with van der Waals surface area (Å²) in [5, 5.41) is 0. The number of hydrogen-bond donors (Lipinski definition) is 2. The van der Waals surface area contributed by atoms with Crippen molar-refractivity contribution in [2.75, 3.05) is 19.6 Å². The molecule has 1 saturated heterocycles. The highest BCUT2D eigenvalue weighted by atomic mass is 16.2. The molecule has 5 heteroatoms. The molecule has 17 heavy (non-hydrogen) atoms. The zero-order valence-electron chi connectivity index (χ0n) is 10.9. The van der Waals surface area contributed by atoms with Crippen LogP contribution in [-0.2, 0) is 9.59 Å². The topological polar surface area (TPSA) is 89.4 Å². The van der Waals surface area contributed by atoms with Crippen LogP contribution in [0.4, 0.5) is 0 Å². The molecule has 98 valence electrons. The van der Waals surface area contributed by atoms with Gasteiger partial charge in [-0.1, -0.05) is 13.8 Å². The quantitative estimate of drug-likeness (QED) is 0.722. The second-order valence-corrected chi connectivity index (χ2v) is 5.52. The molecule has 0 radical (unpaired) electrons. The van der Waals surface area contributed by atoms with E-state index in [9.17, 15) is 9.59 Å². The molecule has 1 aliphatic heterocycles. The molecule has 2 atom stereocenters. The molecule has 1 fully saturated rings. The van der Waals surface area contributed by atoms with Gasteiger partial charge in [-0.15, -0.1) is 0 Å². The molecular formula is C12H23N3O2. The molecule has 4 N–H and O–H groups in total. The van der Waals surface area contributed by atoms with Crippen molar-refractivity contribution in [1.29, 1.82) is 0 Å². The molecule has 5 nitrogen and oxygen atoms in total. The minimum atomic E-state index is -0.578. The van der Waals surface area contributed by atoms with E-state index >= 15 is 0 Å². The van der Waals surface area contributed by atoms with Crippen molar-refractivity contribution < 1.29 is 9.59 Å². The van der Waals surface area contributed by atoms with Crippen LogP contribution in [0.5, 0.6) is 0 Å². The van der Waals surface area contributed by atoms with E-state index in [2.05, 4.69) is 0 Å². The van der Waals surface area contributed by atoms with Crippen molar-refractivity contribution >= 4 is 11.8 Å². The second kappa shape index (κ2) is 5.04. The van der Waals surface area contributed by atoms with E-state index in [0.29, 0.717) is 26.1 Å². The van der Waals surface area contributed by atoms with E-state index in [1.54, 1.807) is 4.90 Å². The Morgan fingerprint density at radius 1 is 1.41 bits per heavy atom. The molecule has 0 bridgehead atoms. The molecule has 1 rings (SSSR count). The van der Waals surface area contributed by atoms with Crippen LogP contribution in [0.2, 0.25) is 0 Å². The van der Waals surface area contributed by atoms with Gasteiger partial charge in [-0.2, -0.15) is 0 Å². The van der Waals surface area contributed by atoms with Gasteiger partial charge >= 0.3 is 0 Å². The van der Waals surface area contributed by atoms with E-state index in [4.69, 9.17) is 11.5 Å². The van der Waals surface area contributed by atoms with Crippen LogP contribution in [0.15, 0.2) is 0 Å². The van der Waals surface area contributed by atoms with Crippen molar-refractivity contribution in [1.82, 2.24) is 4.90 Å². The molecule has 0 aromatic carbocycles. The lowest BCUT2D eigenvalue weighted by atomic mass is 9.89. The van der Waals surface area contributed by atoms with E-state index in [1.165, 1.54) is 0 Å². The van der Waals surface area contributed by atoms with Crippen LogP contribution in [0, 0.1) is 17.3 Å². The summed E-state index contributed by atoms with van der Waals surface area (Å²) in [6.45, 7) is 7.15. The minimum absolute atomic E-state index is 0.0486. The van der Waals surface area contributed by atoms with E-state index in [0.717, 1.165) is 0 Å². The van der Waals surface area contributed by atoms with Gasteiger partial charge in [0.15, 0.2) is 0 Å². The van der Waals surface area contributed by atoms with Gasteiger partial charge in [-0.3, -0.25) is 9.59 Å². The Bertz CT molecular complexity index is 317.